The zero-order valence-corrected chi connectivity index (χ0v) is 20.8. The van der Waals surface area contributed by atoms with Crippen molar-refractivity contribution in [2.45, 2.75) is 26.4 Å². The second-order valence-corrected chi connectivity index (χ2v) is 10.8. The minimum atomic E-state index is -5.08. The zero-order chi connectivity index (χ0) is 25.2. The molecule has 1 heterocycles. The molecule has 1 aromatic carbocycles. The number of alkyl halides is 3. The largest absolute Gasteiger partial charge is 0.490 e. The number of hydrogen-bond donors (Lipinski definition) is 2. The van der Waals surface area contributed by atoms with Gasteiger partial charge in [-0.15, -0.1) is 0 Å². The number of nitrogens with one attached hydrogen (secondary N) is 1. The maximum absolute atomic E-state index is 12.9. The topological polar surface area (TPSA) is 107 Å². The summed E-state index contributed by atoms with van der Waals surface area (Å²) in [4.78, 5) is 23.4. The molecular weight excluding hydrogens is 531 g/mol. The van der Waals surface area contributed by atoms with E-state index in [0.717, 1.165) is 10.9 Å². The monoisotopic (exact) mass is 559 g/mol. The number of carbonyl (C=O) groups excluding carboxylic acids is 1. The molecule has 2 N–H and O–H groups in total. The lowest BCUT2D eigenvalue weighted by Gasteiger charge is -2.29. The molecule has 1 aromatic rings. The predicted octanol–water partition coefficient (Wildman–Crippen LogP) is 2.81. The number of sulfonamides is 1. The van der Waals surface area contributed by atoms with E-state index in [-0.39, 0.29) is 18.2 Å². The lowest BCUT2D eigenvalue weighted by molar-refractivity contribution is -0.192. The zero-order valence-electron chi connectivity index (χ0n) is 18.4. The third-order valence-corrected chi connectivity index (χ3v) is 7.06. The van der Waals surface area contributed by atoms with Crippen molar-refractivity contribution in [3.05, 3.63) is 34.3 Å². The highest BCUT2D eigenvalue weighted by Gasteiger charge is 2.38. The summed E-state index contributed by atoms with van der Waals surface area (Å²) >= 11 is 3.37. The molecule has 1 amide bonds. The molecule has 0 radical (unpaired) electrons. The van der Waals surface area contributed by atoms with E-state index in [2.05, 4.69) is 35.1 Å². The molecule has 13 heteroatoms. The van der Waals surface area contributed by atoms with Crippen molar-refractivity contribution in [2.75, 3.05) is 45.0 Å². The number of rotatable bonds is 8. The summed E-state index contributed by atoms with van der Waals surface area (Å²) in [5, 5.41) is 10.3. The summed E-state index contributed by atoms with van der Waals surface area (Å²) in [5.41, 5.74) is 0.580. The summed E-state index contributed by atoms with van der Waals surface area (Å²) < 4.78 is 59.3. The normalized spacial score (nSPS) is 15.0. The van der Waals surface area contributed by atoms with E-state index in [1.807, 2.05) is 12.1 Å². The first-order valence-electron chi connectivity index (χ1n) is 10.3. The molecule has 0 spiro atoms. The molecule has 0 saturated carbocycles. The SMILES string of the molecule is CC(C)CCN(CCS(=O)(=O)N1CCNCC1)C(=O)c1ccc(Br)cc1.O=C(O)C(F)(F)F. The highest BCUT2D eigenvalue weighted by molar-refractivity contribution is 9.10. The number of carbonyl (C=O) groups is 2. The van der Waals surface area contributed by atoms with E-state index in [0.29, 0.717) is 44.2 Å². The molecule has 8 nitrogen and oxygen atoms in total. The Morgan fingerprint density at radius 3 is 2.12 bits per heavy atom. The fourth-order valence-electron chi connectivity index (χ4n) is 2.78. The summed E-state index contributed by atoms with van der Waals surface area (Å²) in [7, 11) is -3.35. The molecule has 1 fully saturated rings. The van der Waals surface area contributed by atoms with Crippen LogP contribution in [-0.4, -0.2) is 85.8 Å². The van der Waals surface area contributed by atoms with Crippen LogP contribution in [0.2, 0.25) is 0 Å². The van der Waals surface area contributed by atoms with E-state index in [1.165, 1.54) is 4.31 Å². The lowest BCUT2D eigenvalue weighted by atomic mass is 10.1. The molecule has 1 aliphatic heterocycles. The van der Waals surface area contributed by atoms with Gasteiger partial charge in [-0.3, -0.25) is 4.79 Å². The Labute approximate surface area is 200 Å². The summed E-state index contributed by atoms with van der Waals surface area (Å²) in [5.74, 6) is -2.46. The third kappa shape index (κ3) is 10.8. The Bertz CT molecular complexity index is 874. The van der Waals surface area contributed by atoms with Crippen LogP contribution in [0, 0.1) is 5.92 Å². The Morgan fingerprint density at radius 2 is 1.67 bits per heavy atom. The summed E-state index contributed by atoms with van der Waals surface area (Å²) in [6.45, 7) is 7.31. The number of halogens is 4. The number of carboxylic acid groups (broad SMARTS) is 1. The quantitative estimate of drug-likeness (QED) is 0.507. The van der Waals surface area contributed by atoms with E-state index < -0.39 is 22.2 Å². The first-order chi connectivity index (χ1) is 15.2. The van der Waals surface area contributed by atoms with Gasteiger partial charge in [0.2, 0.25) is 10.0 Å². The molecule has 2 rings (SSSR count). The number of piperazine rings is 1. The Hall–Kier alpha value is -1.70. The van der Waals surface area contributed by atoms with Gasteiger partial charge in [-0.05, 0) is 36.6 Å². The van der Waals surface area contributed by atoms with Crippen LogP contribution in [0.4, 0.5) is 13.2 Å². The number of benzene rings is 1. The van der Waals surface area contributed by atoms with Crippen molar-refractivity contribution in [1.82, 2.24) is 14.5 Å². The molecule has 0 aromatic heterocycles. The first-order valence-corrected chi connectivity index (χ1v) is 12.7. The second-order valence-electron chi connectivity index (χ2n) is 7.75. The van der Waals surface area contributed by atoms with Gasteiger partial charge in [-0.2, -0.15) is 17.5 Å². The molecule has 0 bridgehead atoms. The average Bonchev–Trinajstić information content (AvgIpc) is 2.74. The highest BCUT2D eigenvalue weighted by atomic mass is 79.9. The van der Waals surface area contributed by atoms with Crippen LogP contribution in [0.25, 0.3) is 0 Å². The number of hydrogen-bond acceptors (Lipinski definition) is 5. The van der Waals surface area contributed by atoms with Gasteiger partial charge < -0.3 is 15.3 Å². The summed E-state index contributed by atoms with van der Waals surface area (Å²) in [6, 6.07) is 7.18. The highest BCUT2D eigenvalue weighted by Crippen LogP contribution is 2.15. The molecule has 1 saturated heterocycles. The number of amides is 1. The van der Waals surface area contributed by atoms with E-state index in [4.69, 9.17) is 9.90 Å². The van der Waals surface area contributed by atoms with Gasteiger partial charge in [0.05, 0.1) is 5.75 Å². The number of nitrogens with zero attached hydrogens (tertiary/aromatic N) is 2. The van der Waals surface area contributed by atoms with E-state index in [1.54, 1.807) is 17.0 Å². The standard InChI is InChI=1S/C18H28BrN3O3S.C2HF3O2/c1-15(2)7-10-21(18(23)16-3-5-17(19)6-4-16)13-14-26(24,25)22-11-8-20-9-12-22;3-2(4,5)1(6)7/h3-6,15,20H,7-14H2,1-2H3;(H,6,7). The smallest absolute Gasteiger partial charge is 0.475 e. The van der Waals surface area contributed by atoms with Crippen molar-refractivity contribution in [1.29, 1.82) is 0 Å². The van der Waals surface area contributed by atoms with Crippen LogP contribution in [0.3, 0.4) is 0 Å². The van der Waals surface area contributed by atoms with Gasteiger partial charge in [0.25, 0.3) is 5.91 Å². The van der Waals surface area contributed by atoms with Crippen molar-refractivity contribution in [3.8, 4) is 0 Å². The number of aliphatic carboxylic acids is 1. The van der Waals surface area contributed by atoms with Crippen LogP contribution in [0.15, 0.2) is 28.7 Å². The van der Waals surface area contributed by atoms with Crippen LogP contribution < -0.4 is 5.32 Å². The Morgan fingerprint density at radius 1 is 1.15 bits per heavy atom. The molecule has 0 unspecified atom stereocenters. The van der Waals surface area contributed by atoms with Crippen LogP contribution in [0.5, 0.6) is 0 Å². The molecule has 0 atom stereocenters. The van der Waals surface area contributed by atoms with E-state index >= 15 is 0 Å². The molecule has 0 aliphatic carbocycles. The Kier molecular flexibility index (Phi) is 11.8. The fourth-order valence-corrected chi connectivity index (χ4v) is 4.49. The minimum Gasteiger partial charge on any atom is -0.475 e. The molecular formula is C20H29BrF3N3O5S. The number of carboxylic acids is 1. The van der Waals surface area contributed by atoms with Crippen LogP contribution in [0.1, 0.15) is 30.6 Å². The lowest BCUT2D eigenvalue weighted by Crippen LogP contribution is -2.48. The van der Waals surface area contributed by atoms with Gasteiger partial charge in [0.1, 0.15) is 0 Å². The fraction of sp³-hybridized carbons (Fsp3) is 0.600. The Balaban J connectivity index is 0.000000675. The maximum Gasteiger partial charge on any atom is 0.490 e. The minimum absolute atomic E-state index is 0.0344. The van der Waals surface area contributed by atoms with Gasteiger partial charge in [0, 0.05) is 49.3 Å². The average molecular weight is 560 g/mol. The van der Waals surface area contributed by atoms with Crippen molar-refractivity contribution >= 4 is 37.8 Å². The molecule has 188 valence electrons. The van der Waals surface area contributed by atoms with Crippen LogP contribution in [-0.2, 0) is 14.8 Å². The van der Waals surface area contributed by atoms with E-state index in [9.17, 15) is 26.4 Å². The van der Waals surface area contributed by atoms with Crippen molar-refractivity contribution < 1.29 is 36.3 Å². The van der Waals surface area contributed by atoms with Gasteiger partial charge in [0.15, 0.2) is 0 Å². The van der Waals surface area contributed by atoms with Gasteiger partial charge in [-0.1, -0.05) is 29.8 Å². The van der Waals surface area contributed by atoms with Gasteiger partial charge >= 0.3 is 12.1 Å². The molecule has 1 aliphatic rings. The first kappa shape index (κ1) is 29.3. The maximum atomic E-state index is 12.9. The molecule has 33 heavy (non-hydrogen) atoms. The third-order valence-electron chi connectivity index (χ3n) is 4.69. The van der Waals surface area contributed by atoms with Gasteiger partial charge in [-0.25, -0.2) is 13.2 Å². The second kappa shape index (κ2) is 13.3. The van der Waals surface area contributed by atoms with Crippen LogP contribution >= 0.6 is 15.9 Å². The van der Waals surface area contributed by atoms with Crippen molar-refractivity contribution in [2.24, 2.45) is 5.92 Å². The summed E-state index contributed by atoms with van der Waals surface area (Å²) in [6.07, 6.45) is -4.24. The van der Waals surface area contributed by atoms with Crippen molar-refractivity contribution in [3.63, 3.8) is 0 Å². The predicted molar refractivity (Wildman–Crippen MR) is 121 cm³/mol.